The largest absolute Gasteiger partial charge is 0.348 e. The van der Waals surface area contributed by atoms with Crippen molar-refractivity contribution in [1.29, 1.82) is 0 Å². The van der Waals surface area contributed by atoms with E-state index in [1.807, 2.05) is 30.3 Å². The molecule has 0 aliphatic carbocycles. The molecule has 0 saturated carbocycles. The number of rotatable bonds is 5. The van der Waals surface area contributed by atoms with Crippen molar-refractivity contribution in [2.45, 2.75) is 12.5 Å². The average molecular weight is 245 g/mol. The molecule has 1 aromatic carbocycles. The first-order valence-corrected chi connectivity index (χ1v) is 5.59. The number of carbonyl (C=O) groups is 1. The molecule has 1 aromatic heterocycles. The maximum absolute atomic E-state index is 11.7. The van der Waals surface area contributed by atoms with Crippen LogP contribution in [0, 0.1) is 0 Å². The Morgan fingerprint density at radius 3 is 2.83 bits per heavy atom. The first-order chi connectivity index (χ1) is 8.75. The summed E-state index contributed by atoms with van der Waals surface area (Å²) in [4.78, 5) is 18.5. The van der Waals surface area contributed by atoms with Gasteiger partial charge >= 0.3 is 0 Å². The number of nitrogens with zero attached hydrogens (tertiary/aromatic N) is 1. The Labute approximate surface area is 105 Å². The van der Waals surface area contributed by atoms with E-state index >= 15 is 0 Å². The normalized spacial score (nSPS) is 11.8. The van der Waals surface area contributed by atoms with Gasteiger partial charge in [-0.15, -0.1) is 0 Å². The van der Waals surface area contributed by atoms with Crippen LogP contribution in [0.3, 0.4) is 0 Å². The third-order valence-corrected chi connectivity index (χ3v) is 2.44. The van der Waals surface area contributed by atoms with Crippen molar-refractivity contribution in [2.75, 3.05) is 5.43 Å². The van der Waals surface area contributed by atoms with Crippen LogP contribution in [-0.4, -0.2) is 21.9 Å². The van der Waals surface area contributed by atoms with E-state index in [0.717, 1.165) is 11.4 Å². The summed E-state index contributed by atoms with van der Waals surface area (Å²) in [5, 5.41) is 0. The first-order valence-electron chi connectivity index (χ1n) is 5.59. The van der Waals surface area contributed by atoms with Crippen LogP contribution in [0.5, 0.6) is 0 Å². The van der Waals surface area contributed by atoms with Crippen LogP contribution in [0.1, 0.15) is 5.69 Å². The Hall–Kier alpha value is -2.34. The van der Waals surface area contributed by atoms with E-state index in [-0.39, 0.29) is 5.91 Å². The van der Waals surface area contributed by atoms with Crippen LogP contribution in [-0.2, 0) is 11.2 Å². The summed E-state index contributed by atoms with van der Waals surface area (Å²) in [5.74, 6) is -0.270. The molecule has 0 aliphatic rings. The van der Waals surface area contributed by atoms with E-state index in [9.17, 15) is 4.79 Å². The van der Waals surface area contributed by atoms with E-state index in [2.05, 4.69) is 20.8 Å². The molecule has 6 heteroatoms. The Morgan fingerprint density at radius 2 is 2.17 bits per heavy atom. The van der Waals surface area contributed by atoms with E-state index in [1.54, 1.807) is 12.5 Å². The number of aromatic nitrogens is 2. The molecule has 2 rings (SSSR count). The van der Waals surface area contributed by atoms with Crippen molar-refractivity contribution < 1.29 is 4.79 Å². The molecule has 0 radical (unpaired) electrons. The second-order valence-corrected chi connectivity index (χ2v) is 3.87. The van der Waals surface area contributed by atoms with Crippen LogP contribution < -0.4 is 16.6 Å². The standard InChI is InChI=1S/C12H15N5O/c13-11(6-10-7-14-8-15-10)12(18)17-16-9-4-2-1-3-5-9/h1-5,7-8,11,16H,6,13H2,(H,14,15)(H,17,18). The minimum absolute atomic E-state index is 0.270. The number of imidazole rings is 1. The highest BCUT2D eigenvalue weighted by Gasteiger charge is 2.14. The number of amides is 1. The number of anilines is 1. The number of benzene rings is 1. The lowest BCUT2D eigenvalue weighted by Crippen LogP contribution is -2.44. The molecule has 1 atom stereocenters. The summed E-state index contributed by atoms with van der Waals surface area (Å²) in [6.45, 7) is 0. The Morgan fingerprint density at radius 1 is 1.39 bits per heavy atom. The predicted octanol–water partition coefficient (Wildman–Crippen LogP) is 0.423. The van der Waals surface area contributed by atoms with Gasteiger partial charge in [-0.05, 0) is 12.1 Å². The summed E-state index contributed by atoms with van der Waals surface area (Å²) >= 11 is 0. The summed E-state index contributed by atoms with van der Waals surface area (Å²) in [6.07, 6.45) is 3.63. The molecule has 2 aromatic rings. The van der Waals surface area contributed by atoms with Gasteiger partial charge in [-0.1, -0.05) is 18.2 Å². The van der Waals surface area contributed by atoms with Gasteiger partial charge in [0.25, 0.3) is 5.91 Å². The van der Waals surface area contributed by atoms with Crippen molar-refractivity contribution in [2.24, 2.45) is 5.73 Å². The minimum Gasteiger partial charge on any atom is -0.348 e. The van der Waals surface area contributed by atoms with Crippen molar-refractivity contribution in [3.63, 3.8) is 0 Å². The molecule has 0 bridgehead atoms. The molecular formula is C12H15N5O. The van der Waals surface area contributed by atoms with Crippen molar-refractivity contribution >= 4 is 11.6 Å². The monoisotopic (exact) mass is 245 g/mol. The maximum Gasteiger partial charge on any atom is 0.255 e. The van der Waals surface area contributed by atoms with E-state index in [1.165, 1.54) is 0 Å². The third-order valence-electron chi connectivity index (χ3n) is 2.44. The third kappa shape index (κ3) is 3.33. The molecule has 1 unspecified atom stereocenters. The lowest BCUT2D eigenvalue weighted by Gasteiger charge is -2.12. The number of para-hydroxylation sites is 1. The first kappa shape index (κ1) is 12.1. The topological polar surface area (TPSA) is 95.8 Å². The number of aromatic amines is 1. The molecule has 5 N–H and O–H groups in total. The van der Waals surface area contributed by atoms with Gasteiger partial charge in [0.2, 0.25) is 0 Å². The van der Waals surface area contributed by atoms with Crippen LogP contribution in [0.15, 0.2) is 42.9 Å². The molecule has 0 spiro atoms. The molecule has 6 nitrogen and oxygen atoms in total. The highest BCUT2D eigenvalue weighted by atomic mass is 16.2. The average Bonchev–Trinajstić information content (AvgIpc) is 2.90. The quantitative estimate of drug-likeness (QED) is 0.574. The number of nitrogens with one attached hydrogen (secondary N) is 3. The zero-order chi connectivity index (χ0) is 12.8. The van der Waals surface area contributed by atoms with Crippen molar-refractivity contribution in [3.8, 4) is 0 Å². The van der Waals surface area contributed by atoms with Crippen molar-refractivity contribution in [1.82, 2.24) is 15.4 Å². The fourth-order valence-electron chi connectivity index (χ4n) is 1.47. The van der Waals surface area contributed by atoms with E-state index in [4.69, 9.17) is 5.73 Å². The molecule has 18 heavy (non-hydrogen) atoms. The van der Waals surface area contributed by atoms with Crippen LogP contribution in [0.4, 0.5) is 5.69 Å². The van der Waals surface area contributed by atoms with Gasteiger partial charge in [0.15, 0.2) is 0 Å². The summed E-state index contributed by atoms with van der Waals surface area (Å²) in [7, 11) is 0. The molecule has 0 saturated heterocycles. The molecule has 1 amide bonds. The van der Waals surface area contributed by atoms with Gasteiger partial charge in [-0.3, -0.25) is 15.6 Å². The van der Waals surface area contributed by atoms with Crippen LogP contribution in [0.2, 0.25) is 0 Å². The second kappa shape index (κ2) is 5.83. The summed E-state index contributed by atoms with van der Waals surface area (Å²) in [5.41, 5.74) is 12.8. The van der Waals surface area contributed by atoms with Gasteiger partial charge in [0.05, 0.1) is 18.1 Å². The lowest BCUT2D eigenvalue weighted by molar-refractivity contribution is -0.121. The van der Waals surface area contributed by atoms with Crippen LogP contribution in [0.25, 0.3) is 0 Å². The SMILES string of the molecule is NC(Cc1cnc[nH]1)C(=O)NNc1ccccc1. The highest BCUT2D eigenvalue weighted by molar-refractivity contribution is 5.82. The predicted molar refractivity (Wildman–Crippen MR) is 68.5 cm³/mol. The summed E-state index contributed by atoms with van der Waals surface area (Å²) in [6, 6.07) is 8.72. The number of hydrazine groups is 1. The van der Waals surface area contributed by atoms with E-state index in [0.29, 0.717) is 6.42 Å². The number of H-pyrrole nitrogens is 1. The summed E-state index contributed by atoms with van der Waals surface area (Å²) < 4.78 is 0. The molecule has 0 fully saturated rings. The number of hydrogen-bond donors (Lipinski definition) is 4. The maximum atomic E-state index is 11.7. The Balaban J connectivity index is 1.81. The molecular weight excluding hydrogens is 230 g/mol. The van der Waals surface area contributed by atoms with Gasteiger partial charge in [-0.2, -0.15) is 0 Å². The number of nitrogens with two attached hydrogens (primary N) is 1. The zero-order valence-electron chi connectivity index (χ0n) is 9.76. The lowest BCUT2D eigenvalue weighted by atomic mass is 10.2. The minimum atomic E-state index is -0.623. The van der Waals surface area contributed by atoms with Gasteiger partial charge in [-0.25, -0.2) is 4.98 Å². The fraction of sp³-hybridized carbons (Fsp3) is 0.167. The Bertz CT molecular complexity index is 482. The van der Waals surface area contributed by atoms with Crippen molar-refractivity contribution in [3.05, 3.63) is 48.5 Å². The van der Waals surface area contributed by atoms with Gasteiger partial charge < -0.3 is 10.7 Å². The number of carbonyl (C=O) groups excluding carboxylic acids is 1. The molecule has 0 aliphatic heterocycles. The number of hydrogen-bond acceptors (Lipinski definition) is 4. The van der Waals surface area contributed by atoms with Crippen LogP contribution >= 0.6 is 0 Å². The van der Waals surface area contributed by atoms with Gasteiger partial charge in [0.1, 0.15) is 0 Å². The Kier molecular flexibility index (Phi) is 3.93. The highest BCUT2D eigenvalue weighted by Crippen LogP contribution is 2.03. The second-order valence-electron chi connectivity index (χ2n) is 3.87. The zero-order valence-corrected chi connectivity index (χ0v) is 9.76. The fourth-order valence-corrected chi connectivity index (χ4v) is 1.47. The van der Waals surface area contributed by atoms with Gasteiger partial charge in [0, 0.05) is 18.3 Å². The molecule has 1 heterocycles. The smallest absolute Gasteiger partial charge is 0.255 e. The van der Waals surface area contributed by atoms with E-state index < -0.39 is 6.04 Å². The molecule has 94 valence electrons.